The van der Waals surface area contributed by atoms with Crippen LogP contribution in [-0.2, 0) is 15.8 Å². The summed E-state index contributed by atoms with van der Waals surface area (Å²) in [6.45, 7) is 1.25. The Bertz CT molecular complexity index is 583. The Morgan fingerprint density at radius 1 is 1.24 bits per heavy atom. The van der Waals surface area contributed by atoms with E-state index >= 15 is 0 Å². The lowest BCUT2D eigenvalue weighted by atomic mass is 10.2. The Labute approximate surface area is 119 Å². The molecule has 0 saturated heterocycles. The maximum absolute atomic E-state index is 12.4. The monoisotopic (exact) mass is 298 g/mol. The number of carbonyl (C=O) groups is 2. The summed E-state index contributed by atoms with van der Waals surface area (Å²) < 4.78 is 37.1. The maximum atomic E-state index is 12.4. The number of nitrogens with zero attached hydrogens (tertiary/aromatic N) is 1. The lowest BCUT2D eigenvalue weighted by Gasteiger charge is -2.14. The fourth-order valence-electron chi connectivity index (χ4n) is 1.43. The van der Waals surface area contributed by atoms with Gasteiger partial charge in [-0.25, -0.2) is 0 Å². The minimum absolute atomic E-state index is 0.218. The molecule has 7 heteroatoms. The first-order valence-electron chi connectivity index (χ1n) is 5.89. The number of hydrogen-bond acceptors (Lipinski definition) is 2. The van der Waals surface area contributed by atoms with Crippen LogP contribution in [0.3, 0.4) is 0 Å². The summed E-state index contributed by atoms with van der Waals surface area (Å²) >= 11 is 0. The van der Waals surface area contributed by atoms with Crippen molar-refractivity contribution >= 4 is 17.5 Å². The molecule has 112 valence electrons. The molecule has 0 aliphatic carbocycles. The first-order valence-corrected chi connectivity index (χ1v) is 5.89. The van der Waals surface area contributed by atoms with E-state index in [1.54, 1.807) is 0 Å². The zero-order valence-electron chi connectivity index (χ0n) is 11.4. The van der Waals surface area contributed by atoms with Gasteiger partial charge in [-0.3, -0.25) is 9.59 Å². The molecule has 0 spiro atoms. The van der Waals surface area contributed by atoms with E-state index in [2.05, 4.69) is 17.2 Å². The third-order valence-electron chi connectivity index (χ3n) is 2.46. The number of halogens is 3. The number of nitrogens with one attached hydrogen (secondary N) is 1. The fourth-order valence-corrected chi connectivity index (χ4v) is 1.43. The number of likely N-dealkylation sites (N-methyl/N-ethyl adjacent to an activating group) is 1. The predicted molar refractivity (Wildman–Crippen MR) is 71.2 cm³/mol. The molecular formula is C14H13F3N2O2. The Balaban J connectivity index is 2.63. The van der Waals surface area contributed by atoms with E-state index in [-0.39, 0.29) is 12.2 Å². The van der Waals surface area contributed by atoms with Gasteiger partial charge in [0.2, 0.25) is 5.91 Å². The second-order valence-corrected chi connectivity index (χ2v) is 4.16. The SMILES string of the molecule is CC#CC(=O)N(C)CC(=O)Nc1ccc(C(F)(F)F)cc1. The number of rotatable bonds is 3. The lowest BCUT2D eigenvalue weighted by molar-refractivity contribution is -0.137. The van der Waals surface area contributed by atoms with Gasteiger partial charge < -0.3 is 10.2 Å². The van der Waals surface area contributed by atoms with Crippen molar-refractivity contribution in [1.29, 1.82) is 0 Å². The molecule has 0 heterocycles. The van der Waals surface area contributed by atoms with Crippen LogP contribution in [0.2, 0.25) is 0 Å². The molecule has 0 aliphatic rings. The molecule has 0 aromatic heterocycles. The molecule has 1 aromatic rings. The lowest BCUT2D eigenvalue weighted by Crippen LogP contribution is -2.34. The predicted octanol–water partition coefficient (Wildman–Crippen LogP) is 2.13. The van der Waals surface area contributed by atoms with Crippen molar-refractivity contribution in [3.05, 3.63) is 29.8 Å². The van der Waals surface area contributed by atoms with E-state index in [4.69, 9.17) is 0 Å². The van der Waals surface area contributed by atoms with Gasteiger partial charge in [0.05, 0.1) is 5.56 Å². The van der Waals surface area contributed by atoms with Gasteiger partial charge in [-0.2, -0.15) is 13.2 Å². The average molecular weight is 298 g/mol. The van der Waals surface area contributed by atoms with E-state index < -0.39 is 23.6 Å². The molecule has 2 amide bonds. The average Bonchev–Trinajstić information content (AvgIpc) is 2.38. The highest BCUT2D eigenvalue weighted by atomic mass is 19.4. The van der Waals surface area contributed by atoms with Gasteiger partial charge in [-0.15, -0.1) is 0 Å². The topological polar surface area (TPSA) is 49.4 Å². The highest BCUT2D eigenvalue weighted by Crippen LogP contribution is 2.29. The quantitative estimate of drug-likeness (QED) is 0.869. The van der Waals surface area contributed by atoms with Crippen LogP contribution in [0.5, 0.6) is 0 Å². The van der Waals surface area contributed by atoms with Crippen LogP contribution in [-0.4, -0.2) is 30.3 Å². The third-order valence-corrected chi connectivity index (χ3v) is 2.46. The molecule has 0 unspecified atom stereocenters. The van der Waals surface area contributed by atoms with E-state index in [1.807, 2.05) is 0 Å². The molecule has 1 rings (SSSR count). The number of amides is 2. The molecule has 0 fully saturated rings. The van der Waals surface area contributed by atoms with Gasteiger partial charge in [-0.05, 0) is 37.1 Å². The smallest absolute Gasteiger partial charge is 0.326 e. The van der Waals surface area contributed by atoms with Gasteiger partial charge in [0.25, 0.3) is 5.91 Å². The van der Waals surface area contributed by atoms with E-state index in [0.717, 1.165) is 29.2 Å². The molecule has 1 N–H and O–H groups in total. The van der Waals surface area contributed by atoms with Crippen LogP contribution >= 0.6 is 0 Å². The van der Waals surface area contributed by atoms with Crippen LogP contribution in [0.1, 0.15) is 12.5 Å². The molecule has 1 aromatic carbocycles. The van der Waals surface area contributed by atoms with E-state index in [0.29, 0.717) is 0 Å². The molecular weight excluding hydrogens is 285 g/mol. The Hall–Kier alpha value is -2.49. The van der Waals surface area contributed by atoms with Crippen molar-refractivity contribution in [2.45, 2.75) is 13.1 Å². The van der Waals surface area contributed by atoms with Crippen molar-refractivity contribution in [1.82, 2.24) is 4.90 Å². The summed E-state index contributed by atoms with van der Waals surface area (Å²) in [6, 6.07) is 4.03. The number of anilines is 1. The highest BCUT2D eigenvalue weighted by Gasteiger charge is 2.29. The number of benzene rings is 1. The second kappa shape index (κ2) is 6.79. The largest absolute Gasteiger partial charge is 0.416 e. The van der Waals surface area contributed by atoms with Gasteiger partial charge in [-0.1, -0.05) is 5.92 Å². The summed E-state index contributed by atoms with van der Waals surface area (Å²) in [5.41, 5.74) is -0.582. The van der Waals surface area contributed by atoms with Crippen molar-refractivity contribution < 1.29 is 22.8 Å². The molecule has 0 saturated carbocycles. The minimum Gasteiger partial charge on any atom is -0.326 e. The van der Waals surface area contributed by atoms with E-state index in [1.165, 1.54) is 14.0 Å². The molecule has 0 atom stereocenters. The van der Waals surface area contributed by atoms with Crippen LogP contribution in [0, 0.1) is 11.8 Å². The summed E-state index contributed by atoms with van der Waals surface area (Å²) in [5.74, 6) is 3.64. The summed E-state index contributed by atoms with van der Waals surface area (Å²) in [5, 5.41) is 2.40. The Kier molecular flexibility index (Phi) is 5.36. The molecule has 0 bridgehead atoms. The second-order valence-electron chi connectivity index (χ2n) is 4.16. The van der Waals surface area contributed by atoms with Gasteiger partial charge in [0.15, 0.2) is 0 Å². The van der Waals surface area contributed by atoms with Crippen molar-refractivity contribution in [2.75, 3.05) is 18.9 Å². The van der Waals surface area contributed by atoms with Crippen LogP contribution in [0.25, 0.3) is 0 Å². The Morgan fingerprint density at radius 2 is 1.81 bits per heavy atom. The van der Waals surface area contributed by atoms with E-state index in [9.17, 15) is 22.8 Å². The minimum atomic E-state index is -4.42. The highest BCUT2D eigenvalue weighted by molar-refractivity contribution is 5.98. The van der Waals surface area contributed by atoms with Crippen molar-refractivity contribution in [3.8, 4) is 11.8 Å². The maximum Gasteiger partial charge on any atom is 0.416 e. The van der Waals surface area contributed by atoms with Crippen LogP contribution in [0.4, 0.5) is 18.9 Å². The zero-order valence-corrected chi connectivity index (χ0v) is 11.4. The number of hydrogen-bond donors (Lipinski definition) is 1. The van der Waals surface area contributed by atoms with Crippen molar-refractivity contribution in [2.24, 2.45) is 0 Å². The normalized spacial score (nSPS) is 10.3. The van der Waals surface area contributed by atoms with Gasteiger partial charge in [0, 0.05) is 12.7 Å². The number of carbonyl (C=O) groups excluding carboxylic acids is 2. The standard InChI is InChI=1S/C14H13F3N2O2/c1-3-4-13(21)19(2)9-12(20)18-11-7-5-10(6-8-11)14(15,16)17/h5-8H,9H2,1-2H3,(H,18,20). The first kappa shape index (κ1) is 16.6. The third kappa shape index (κ3) is 5.18. The van der Waals surface area contributed by atoms with Crippen molar-refractivity contribution in [3.63, 3.8) is 0 Å². The summed E-state index contributed by atoms with van der Waals surface area (Å²) in [4.78, 5) is 24.1. The molecule has 0 radical (unpaired) electrons. The molecule has 0 aliphatic heterocycles. The molecule has 21 heavy (non-hydrogen) atoms. The first-order chi connectivity index (χ1) is 9.74. The Morgan fingerprint density at radius 3 is 2.29 bits per heavy atom. The van der Waals surface area contributed by atoms with Crippen LogP contribution in [0.15, 0.2) is 24.3 Å². The zero-order chi connectivity index (χ0) is 16.0. The van der Waals surface area contributed by atoms with Gasteiger partial charge >= 0.3 is 6.18 Å². The molecule has 4 nitrogen and oxygen atoms in total. The van der Waals surface area contributed by atoms with Gasteiger partial charge in [0.1, 0.15) is 6.54 Å². The summed E-state index contributed by atoms with van der Waals surface area (Å²) in [7, 11) is 1.40. The summed E-state index contributed by atoms with van der Waals surface area (Å²) in [6.07, 6.45) is -4.42. The van der Waals surface area contributed by atoms with Crippen LogP contribution < -0.4 is 5.32 Å². The fraction of sp³-hybridized carbons (Fsp3) is 0.286. The number of alkyl halides is 3.